The van der Waals surface area contributed by atoms with Gasteiger partial charge in [0.15, 0.2) is 11.6 Å². The smallest absolute Gasteiger partial charge is 0.310 e. The Hall–Kier alpha value is -3.18. The first-order chi connectivity index (χ1) is 20.2. The maximum atomic E-state index is 14.5. The fourth-order valence-corrected chi connectivity index (χ4v) is 7.76. The molecular formula is C30H36ClN5O6. The van der Waals surface area contributed by atoms with Crippen molar-refractivity contribution >= 4 is 29.4 Å². The number of ether oxygens (including phenoxy) is 2. The number of hydrogen-bond donors (Lipinski definition) is 1. The van der Waals surface area contributed by atoms with Crippen LogP contribution in [0.4, 0.5) is 0 Å². The van der Waals surface area contributed by atoms with Crippen molar-refractivity contribution in [3.05, 3.63) is 39.9 Å². The molecule has 3 atom stereocenters. The molecule has 1 saturated heterocycles. The van der Waals surface area contributed by atoms with Gasteiger partial charge in [-0.1, -0.05) is 24.4 Å². The number of aliphatic carboxylic acids is 1. The van der Waals surface area contributed by atoms with Gasteiger partial charge >= 0.3 is 5.97 Å². The Balaban J connectivity index is 1.28. The van der Waals surface area contributed by atoms with E-state index >= 15 is 0 Å². The zero-order chi connectivity index (χ0) is 29.2. The van der Waals surface area contributed by atoms with E-state index in [9.17, 15) is 19.5 Å². The van der Waals surface area contributed by atoms with Crippen LogP contribution in [0.3, 0.4) is 0 Å². The van der Waals surface area contributed by atoms with Gasteiger partial charge in [0, 0.05) is 36.6 Å². The number of likely N-dealkylation sites (tertiary alicyclic amines) is 1. The first kappa shape index (κ1) is 27.6. The number of halogens is 1. The average Bonchev–Trinajstić information content (AvgIpc) is 3.48. The minimum Gasteiger partial charge on any atom is -0.485 e. The van der Waals surface area contributed by atoms with Crippen LogP contribution in [0.1, 0.15) is 80.8 Å². The highest BCUT2D eigenvalue weighted by atomic mass is 35.5. The molecule has 1 spiro atoms. The fourth-order valence-electron chi connectivity index (χ4n) is 7.50. The topological polar surface area (TPSA) is 127 Å². The van der Waals surface area contributed by atoms with Gasteiger partial charge in [0.25, 0.3) is 0 Å². The number of hydrogen-bond acceptors (Lipinski definition) is 7. The lowest BCUT2D eigenvalue weighted by Gasteiger charge is -2.47. The van der Waals surface area contributed by atoms with Crippen LogP contribution in [-0.2, 0) is 45.3 Å². The Morgan fingerprint density at radius 3 is 2.79 bits per heavy atom. The van der Waals surface area contributed by atoms with Crippen LogP contribution < -0.4 is 4.74 Å². The van der Waals surface area contributed by atoms with Gasteiger partial charge in [-0.25, -0.2) is 0 Å². The number of aromatic nitrogens is 3. The molecule has 2 amide bonds. The molecular weight excluding hydrogens is 562 g/mol. The highest BCUT2D eigenvalue weighted by Crippen LogP contribution is 2.56. The van der Waals surface area contributed by atoms with Gasteiger partial charge in [-0.2, -0.15) is 0 Å². The molecule has 4 heterocycles. The highest BCUT2D eigenvalue weighted by molar-refractivity contribution is 6.31. The molecule has 3 aliphatic heterocycles. The third kappa shape index (κ3) is 4.47. The van der Waals surface area contributed by atoms with Crippen LogP contribution in [0.15, 0.2) is 12.1 Å². The summed E-state index contributed by atoms with van der Waals surface area (Å²) in [6.45, 7) is 4.36. The largest absolute Gasteiger partial charge is 0.485 e. The number of nitrogens with zero attached hydrogens (tertiary/aromatic N) is 5. The number of benzene rings is 1. The van der Waals surface area contributed by atoms with E-state index < -0.39 is 23.5 Å². The molecule has 42 heavy (non-hydrogen) atoms. The molecule has 2 aliphatic carbocycles. The third-order valence-electron chi connectivity index (χ3n) is 10.2. The Labute approximate surface area is 249 Å². The Kier molecular flexibility index (Phi) is 6.73. The molecule has 5 aliphatic rings. The van der Waals surface area contributed by atoms with E-state index in [1.807, 2.05) is 9.47 Å². The molecule has 12 heteroatoms. The lowest BCUT2D eigenvalue weighted by atomic mass is 9.66. The first-order valence-electron chi connectivity index (χ1n) is 15.0. The van der Waals surface area contributed by atoms with Gasteiger partial charge in [-0.3, -0.25) is 14.4 Å². The minimum atomic E-state index is -1.16. The van der Waals surface area contributed by atoms with Crippen molar-refractivity contribution in [3.8, 4) is 5.75 Å². The molecule has 0 radical (unpaired) electrons. The molecule has 7 rings (SSSR count). The molecule has 1 N–H and O–H groups in total. The molecule has 1 unspecified atom stereocenters. The second-order valence-electron chi connectivity index (χ2n) is 12.8. The van der Waals surface area contributed by atoms with Gasteiger partial charge in [0.05, 0.1) is 17.9 Å². The Morgan fingerprint density at radius 2 is 2.02 bits per heavy atom. The van der Waals surface area contributed by atoms with E-state index in [2.05, 4.69) is 10.2 Å². The number of rotatable bonds is 6. The summed E-state index contributed by atoms with van der Waals surface area (Å²) >= 11 is 6.77. The maximum Gasteiger partial charge on any atom is 0.310 e. The summed E-state index contributed by atoms with van der Waals surface area (Å²) in [6, 6.07) is 3.60. The zero-order valence-corrected chi connectivity index (χ0v) is 24.6. The summed E-state index contributed by atoms with van der Waals surface area (Å²) in [4.78, 5) is 44.1. The van der Waals surface area contributed by atoms with E-state index in [1.54, 1.807) is 24.0 Å². The lowest BCUT2D eigenvalue weighted by Crippen LogP contribution is -2.54. The summed E-state index contributed by atoms with van der Waals surface area (Å²) in [5, 5.41) is 19.3. The monoisotopic (exact) mass is 597 g/mol. The van der Waals surface area contributed by atoms with E-state index in [4.69, 9.17) is 21.1 Å². The number of carbonyl (C=O) groups excluding carboxylic acids is 2. The van der Waals surface area contributed by atoms with Crippen molar-refractivity contribution in [1.82, 2.24) is 24.6 Å². The van der Waals surface area contributed by atoms with Crippen LogP contribution >= 0.6 is 11.6 Å². The number of amides is 2. The van der Waals surface area contributed by atoms with E-state index in [0.29, 0.717) is 80.7 Å². The normalized spacial score (nSPS) is 28.0. The quantitative estimate of drug-likeness (QED) is 0.534. The van der Waals surface area contributed by atoms with Crippen molar-refractivity contribution in [2.24, 2.45) is 16.7 Å². The summed E-state index contributed by atoms with van der Waals surface area (Å²) in [7, 11) is 0. The minimum absolute atomic E-state index is 0.00485. The maximum absolute atomic E-state index is 14.5. The van der Waals surface area contributed by atoms with Crippen LogP contribution in [0, 0.1) is 16.7 Å². The van der Waals surface area contributed by atoms with Gasteiger partial charge < -0.3 is 28.9 Å². The molecule has 0 bridgehead atoms. The molecule has 1 aromatic carbocycles. The van der Waals surface area contributed by atoms with Gasteiger partial charge in [0.1, 0.15) is 25.1 Å². The molecule has 11 nitrogen and oxygen atoms in total. The summed E-state index contributed by atoms with van der Waals surface area (Å²) < 4.78 is 13.9. The van der Waals surface area contributed by atoms with Crippen LogP contribution in [-0.4, -0.2) is 67.2 Å². The summed E-state index contributed by atoms with van der Waals surface area (Å²) in [5.74, 6) is 0.134. The SMILES string of the molecule is C[C@]1(C(=O)O)CCCC[C@H]1C(=O)N1CCc2c(Cl)ccc(OCc3nnc4n3CCOC4)c2C1N1CC2(CC2)CC1=O. The molecule has 2 aromatic rings. The van der Waals surface area contributed by atoms with E-state index in [-0.39, 0.29) is 23.8 Å². The Morgan fingerprint density at radius 1 is 1.19 bits per heavy atom. The van der Waals surface area contributed by atoms with Crippen molar-refractivity contribution in [1.29, 1.82) is 0 Å². The fraction of sp³-hybridized carbons (Fsp3) is 0.633. The summed E-state index contributed by atoms with van der Waals surface area (Å²) in [5.41, 5.74) is 0.375. The van der Waals surface area contributed by atoms with Crippen molar-refractivity contribution in [2.45, 2.75) is 84.2 Å². The van der Waals surface area contributed by atoms with E-state index in [1.165, 1.54) is 0 Å². The molecule has 224 valence electrons. The van der Waals surface area contributed by atoms with Gasteiger partial charge in [-0.05, 0) is 62.1 Å². The Bertz CT molecular complexity index is 1460. The predicted octanol–water partition coefficient (Wildman–Crippen LogP) is 3.72. The van der Waals surface area contributed by atoms with Crippen LogP contribution in [0.5, 0.6) is 5.75 Å². The van der Waals surface area contributed by atoms with Crippen molar-refractivity contribution < 1.29 is 29.0 Å². The number of carboxylic acid groups (broad SMARTS) is 1. The third-order valence-corrected chi connectivity index (χ3v) is 10.6. The predicted molar refractivity (Wildman–Crippen MR) is 149 cm³/mol. The number of carbonyl (C=O) groups is 3. The van der Waals surface area contributed by atoms with Gasteiger partial charge in [0.2, 0.25) is 11.8 Å². The highest BCUT2D eigenvalue weighted by Gasteiger charge is 2.56. The second-order valence-corrected chi connectivity index (χ2v) is 13.2. The van der Waals surface area contributed by atoms with Crippen molar-refractivity contribution in [2.75, 3.05) is 19.7 Å². The second kappa shape index (κ2) is 10.2. The van der Waals surface area contributed by atoms with Gasteiger partial charge in [-0.15, -0.1) is 10.2 Å². The zero-order valence-electron chi connectivity index (χ0n) is 23.8. The molecule has 1 aromatic heterocycles. The van der Waals surface area contributed by atoms with E-state index in [0.717, 1.165) is 37.1 Å². The lowest BCUT2D eigenvalue weighted by molar-refractivity contribution is -0.165. The average molecular weight is 598 g/mol. The van der Waals surface area contributed by atoms with Crippen LogP contribution in [0.25, 0.3) is 0 Å². The molecule has 3 fully saturated rings. The van der Waals surface area contributed by atoms with Crippen molar-refractivity contribution in [3.63, 3.8) is 0 Å². The summed E-state index contributed by atoms with van der Waals surface area (Å²) in [6.07, 6.45) is 4.74. The number of fused-ring (bicyclic) bond motifs is 2. The first-order valence-corrected chi connectivity index (χ1v) is 15.3. The standard InChI is InChI=1S/C30H36ClN5O6/c1-29(28(39)40)8-3-2-4-19(29)27(38)35-11-7-18-20(31)5-6-21(42-16-23-33-32-22-15-41-13-12-34(22)23)25(18)26(35)36-17-30(9-10-30)14-24(36)37/h5-6,19,26H,2-4,7-17H2,1H3,(H,39,40)/t19-,26?,29-/m0/s1. The van der Waals surface area contributed by atoms with Crippen LogP contribution in [0.2, 0.25) is 5.02 Å². The molecule has 2 saturated carbocycles. The number of carboxylic acids is 1.